The second-order valence-corrected chi connectivity index (χ2v) is 6.64. The van der Waals surface area contributed by atoms with Crippen LogP contribution in [0.1, 0.15) is 72.6 Å². The van der Waals surface area contributed by atoms with Gasteiger partial charge in [0.2, 0.25) is 0 Å². The van der Waals surface area contributed by atoms with E-state index >= 15 is 0 Å². The molecular weight excluding hydrogens is 212 g/mol. The van der Waals surface area contributed by atoms with Crippen LogP contribution in [0.5, 0.6) is 0 Å². The summed E-state index contributed by atoms with van der Waals surface area (Å²) in [5.41, 5.74) is -0.0842. The average Bonchev–Trinajstić information content (AvgIpc) is 2.28. The Morgan fingerprint density at radius 3 is 1.94 bits per heavy atom. The van der Waals surface area contributed by atoms with Gasteiger partial charge in [0.25, 0.3) is 0 Å². The molecule has 0 aliphatic heterocycles. The highest BCUT2D eigenvalue weighted by atomic mass is 16.4. The Morgan fingerprint density at radius 2 is 1.59 bits per heavy atom. The number of aliphatic carboxylic acids is 1. The molecule has 0 aromatic rings. The minimum Gasteiger partial charge on any atom is -0.481 e. The summed E-state index contributed by atoms with van der Waals surface area (Å²) >= 11 is 0. The lowest BCUT2D eigenvalue weighted by atomic mass is 9.62. The van der Waals surface area contributed by atoms with Crippen LogP contribution in [0.2, 0.25) is 0 Å². The van der Waals surface area contributed by atoms with E-state index < -0.39 is 11.4 Å². The first kappa shape index (κ1) is 14.5. The zero-order valence-electron chi connectivity index (χ0n) is 11.9. The lowest BCUT2D eigenvalue weighted by Gasteiger charge is -2.42. The molecule has 1 saturated carbocycles. The number of hydrogen-bond acceptors (Lipinski definition) is 1. The maximum atomic E-state index is 11.7. The third kappa shape index (κ3) is 3.46. The molecule has 1 aliphatic rings. The highest BCUT2D eigenvalue weighted by Gasteiger charge is 2.44. The number of carboxylic acids is 1. The standard InChI is InChI=1S/C15H28O2/c1-5-12(6-2)11-15(13(16)17)9-7-14(3,4)8-10-15/h12H,5-11H2,1-4H3,(H,16,17). The van der Waals surface area contributed by atoms with Crippen molar-refractivity contribution in [3.63, 3.8) is 0 Å². The van der Waals surface area contributed by atoms with Crippen molar-refractivity contribution >= 4 is 5.97 Å². The van der Waals surface area contributed by atoms with E-state index in [-0.39, 0.29) is 0 Å². The van der Waals surface area contributed by atoms with Gasteiger partial charge in [-0.3, -0.25) is 4.79 Å². The monoisotopic (exact) mass is 240 g/mol. The summed E-state index contributed by atoms with van der Waals surface area (Å²) in [7, 11) is 0. The van der Waals surface area contributed by atoms with E-state index in [1.807, 2.05) is 0 Å². The molecule has 100 valence electrons. The molecule has 1 N–H and O–H groups in total. The van der Waals surface area contributed by atoms with Crippen molar-refractivity contribution in [1.82, 2.24) is 0 Å². The first-order valence-corrected chi connectivity index (χ1v) is 7.08. The van der Waals surface area contributed by atoms with E-state index in [4.69, 9.17) is 0 Å². The number of carbonyl (C=O) groups is 1. The Morgan fingerprint density at radius 1 is 1.12 bits per heavy atom. The van der Waals surface area contributed by atoms with Crippen molar-refractivity contribution < 1.29 is 9.90 Å². The van der Waals surface area contributed by atoms with Gasteiger partial charge in [0.15, 0.2) is 0 Å². The topological polar surface area (TPSA) is 37.3 Å². The predicted molar refractivity (Wildman–Crippen MR) is 71.0 cm³/mol. The molecule has 0 heterocycles. The summed E-state index contributed by atoms with van der Waals surface area (Å²) in [6.45, 7) is 8.87. The highest BCUT2D eigenvalue weighted by Crippen LogP contribution is 2.49. The van der Waals surface area contributed by atoms with Crippen LogP contribution in [0, 0.1) is 16.7 Å². The Hall–Kier alpha value is -0.530. The Labute approximate surface area is 106 Å². The van der Waals surface area contributed by atoms with Crippen LogP contribution in [0.25, 0.3) is 0 Å². The quantitative estimate of drug-likeness (QED) is 0.769. The largest absolute Gasteiger partial charge is 0.481 e. The first-order chi connectivity index (χ1) is 7.85. The number of rotatable bonds is 5. The molecule has 0 unspecified atom stereocenters. The Bertz CT molecular complexity index is 254. The van der Waals surface area contributed by atoms with Gasteiger partial charge < -0.3 is 5.11 Å². The fourth-order valence-corrected chi connectivity index (χ4v) is 3.04. The van der Waals surface area contributed by atoms with E-state index in [1.165, 1.54) is 0 Å². The third-order valence-electron chi connectivity index (χ3n) is 4.85. The van der Waals surface area contributed by atoms with E-state index in [9.17, 15) is 9.90 Å². The van der Waals surface area contributed by atoms with Gasteiger partial charge >= 0.3 is 5.97 Å². The molecule has 2 heteroatoms. The molecule has 0 bridgehead atoms. The third-order valence-corrected chi connectivity index (χ3v) is 4.85. The molecule has 0 amide bonds. The second kappa shape index (κ2) is 5.41. The smallest absolute Gasteiger partial charge is 0.309 e. The fraction of sp³-hybridized carbons (Fsp3) is 0.933. The van der Waals surface area contributed by atoms with Crippen LogP contribution in [0.4, 0.5) is 0 Å². The molecule has 0 radical (unpaired) electrons. The summed E-state index contributed by atoms with van der Waals surface area (Å²) in [5.74, 6) is 0.0206. The van der Waals surface area contributed by atoms with E-state index in [1.54, 1.807) is 0 Å². The molecule has 0 aromatic carbocycles. The maximum absolute atomic E-state index is 11.7. The molecule has 1 aliphatic carbocycles. The number of hydrogen-bond donors (Lipinski definition) is 1. The van der Waals surface area contributed by atoms with E-state index in [0.717, 1.165) is 44.9 Å². The van der Waals surface area contributed by atoms with Crippen LogP contribution in [0.15, 0.2) is 0 Å². The van der Waals surface area contributed by atoms with Gasteiger partial charge in [0, 0.05) is 0 Å². The Kier molecular flexibility index (Phi) is 4.62. The lowest BCUT2D eigenvalue weighted by molar-refractivity contribution is -0.154. The molecule has 0 aromatic heterocycles. The van der Waals surface area contributed by atoms with Gasteiger partial charge in [-0.25, -0.2) is 0 Å². The summed E-state index contributed by atoms with van der Waals surface area (Å²) < 4.78 is 0. The zero-order chi connectivity index (χ0) is 13.1. The summed E-state index contributed by atoms with van der Waals surface area (Å²) in [6, 6.07) is 0. The molecule has 0 spiro atoms. The summed E-state index contributed by atoms with van der Waals surface area (Å²) in [4.78, 5) is 11.7. The van der Waals surface area contributed by atoms with Crippen LogP contribution < -0.4 is 0 Å². The SMILES string of the molecule is CCC(CC)CC1(C(=O)O)CCC(C)(C)CC1. The fourth-order valence-electron chi connectivity index (χ4n) is 3.04. The Balaban J connectivity index is 2.75. The van der Waals surface area contributed by atoms with Crippen molar-refractivity contribution in [1.29, 1.82) is 0 Å². The molecule has 0 atom stereocenters. The number of carboxylic acid groups (broad SMARTS) is 1. The van der Waals surface area contributed by atoms with Gasteiger partial charge in [-0.15, -0.1) is 0 Å². The minimum absolute atomic E-state index is 0.340. The van der Waals surface area contributed by atoms with Crippen LogP contribution in [-0.2, 0) is 4.79 Å². The zero-order valence-corrected chi connectivity index (χ0v) is 11.9. The summed E-state index contributed by atoms with van der Waals surface area (Å²) in [6.07, 6.45) is 6.94. The minimum atomic E-state index is -0.556. The average molecular weight is 240 g/mol. The first-order valence-electron chi connectivity index (χ1n) is 7.08. The van der Waals surface area contributed by atoms with Crippen LogP contribution in [-0.4, -0.2) is 11.1 Å². The van der Waals surface area contributed by atoms with Crippen molar-refractivity contribution in [3.05, 3.63) is 0 Å². The van der Waals surface area contributed by atoms with Gasteiger partial charge in [0.05, 0.1) is 5.41 Å². The molecule has 2 nitrogen and oxygen atoms in total. The van der Waals surface area contributed by atoms with Gasteiger partial charge in [-0.1, -0.05) is 40.5 Å². The molecular formula is C15H28O2. The molecule has 1 fully saturated rings. The van der Waals surface area contributed by atoms with Crippen LogP contribution >= 0.6 is 0 Å². The molecule has 17 heavy (non-hydrogen) atoms. The normalized spacial score (nSPS) is 22.6. The predicted octanol–water partition coefficient (Wildman–Crippen LogP) is 4.48. The van der Waals surface area contributed by atoms with Gasteiger partial charge in [-0.2, -0.15) is 0 Å². The second-order valence-electron chi connectivity index (χ2n) is 6.64. The van der Waals surface area contributed by atoms with E-state index in [2.05, 4.69) is 27.7 Å². The van der Waals surface area contributed by atoms with Crippen LogP contribution in [0.3, 0.4) is 0 Å². The maximum Gasteiger partial charge on any atom is 0.309 e. The lowest BCUT2D eigenvalue weighted by Crippen LogP contribution is -2.39. The highest BCUT2D eigenvalue weighted by molar-refractivity contribution is 5.74. The van der Waals surface area contributed by atoms with Gasteiger partial charge in [0.1, 0.15) is 0 Å². The van der Waals surface area contributed by atoms with Crippen molar-refractivity contribution in [2.75, 3.05) is 0 Å². The summed E-state index contributed by atoms with van der Waals surface area (Å²) in [5, 5.41) is 9.60. The van der Waals surface area contributed by atoms with Crippen molar-refractivity contribution in [2.24, 2.45) is 16.7 Å². The van der Waals surface area contributed by atoms with E-state index in [0.29, 0.717) is 11.3 Å². The van der Waals surface area contributed by atoms with Crippen molar-refractivity contribution in [2.45, 2.75) is 72.6 Å². The van der Waals surface area contributed by atoms with Crippen molar-refractivity contribution in [3.8, 4) is 0 Å². The molecule has 0 saturated heterocycles. The molecule has 1 rings (SSSR count). The van der Waals surface area contributed by atoms with Gasteiger partial charge in [-0.05, 0) is 43.4 Å².